The summed E-state index contributed by atoms with van der Waals surface area (Å²) >= 11 is 0. The Bertz CT molecular complexity index is 1140. The van der Waals surface area contributed by atoms with Crippen LogP contribution in [0.1, 0.15) is 34.2 Å². The lowest BCUT2D eigenvalue weighted by Gasteiger charge is -2.38. The summed E-state index contributed by atoms with van der Waals surface area (Å²) in [5, 5.41) is 15.1. The van der Waals surface area contributed by atoms with Crippen molar-refractivity contribution < 1.29 is 14.4 Å². The Balaban J connectivity index is 1.65. The van der Waals surface area contributed by atoms with Gasteiger partial charge in [-0.05, 0) is 52.8 Å². The van der Waals surface area contributed by atoms with E-state index in [0.29, 0.717) is 11.5 Å². The first-order chi connectivity index (χ1) is 14.6. The number of hydrogen-bond acceptors (Lipinski definition) is 5. The smallest absolute Gasteiger partial charge is 0.269 e. The largest absolute Gasteiger partial charge is 0.493 e. The molecule has 1 N–H and O–H groups in total. The third-order valence-corrected chi connectivity index (χ3v) is 6.36. The van der Waals surface area contributed by atoms with Gasteiger partial charge in [0.15, 0.2) is 11.5 Å². The number of nitro benzene ring substituents is 1. The second-order valence-corrected chi connectivity index (χ2v) is 7.81. The zero-order chi connectivity index (χ0) is 20.8. The summed E-state index contributed by atoms with van der Waals surface area (Å²) in [6.45, 7) is 0. The van der Waals surface area contributed by atoms with Gasteiger partial charge >= 0.3 is 0 Å². The quantitative estimate of drug-likeness (QED) is 0.486. The molecule has 6 nitrogen and oxygen atoms in total. The van der Waals surface area contributed by atoms with Gasteiger partial charge in [-0.15, -0.1) is 0 Å². The van der Waals surface area contributed by atoms with Crippen LogP contribution >= 0.6 is 0 Å². The standard InChI is InChI=1S/C24H22N2O4/c1-29-21-10-7-15(12-22(21)30-2)24-19-11-14-5-3-4-6-17(14)23(19)18-13-16(26(27)28)8-9-20(18)25-24/h3-10,12-13,19,23-25H,11H2,1-2H3/t19-,23-,24+/m1/s1. The molecule has 3 aromatic carbocycles. The van der Waals surface area contributed by atoms with E-state index in [1.54, 1.807) is 26.4 Å². The minimum Gasteiger partial charge on any atom is -0.493 e. The molecule has 0 radical (unpaired) electrons. The van der Waals surface area contributed by atoms with Crippen LogP contribution in [0.4, 0.5) is 11.4 Å². The Morgan fingerprint density at radius 2 is 1.77 bits per heavy atom. The van der Waals surface area contributed by atoms with E-state index >= 15 is 0 Å². The highest BCUT2D eigenvalue weighted by Gasteiger charge is 2.43. The fourth-order valence-electron chi connectivity index (χ4n) is 5.04. The molecule has 0 unspecified atom stereocenters. The molecule has 0 fully saturated rings. The Morgan fingerprint density at radius 3 is 2.53 bits per heavy atom. The number of ether oxygens (including phenoxy) is 2. The topological polar surface area (TPSA) is 73.6 Å². The fraction of sp³-hybridized carbons (Fsp3) is 0.250. The summed E-state index contributed by atoms with van der Waals surface area (Å²) in [6.07, 6.45) is 0.912. The van der Waals surface area contributed by atoms with Crippen LogP contribution in [-0.4, -0.2) is 19.1 Å². The number of non-ortho nitro benzene ring substituents is 1. The summed E-state index contributed by atoms with van der Waals surface area (Å²) in [6, 6.07) is 19.6. The molecule has 0 amide bonds. The third-order valence-electron chi connectivity index (χ3n) is 6.36. The van der Waals surface area contributed by atoms with Crippen molar-refractivity contribution in [2.75, 3.05) is 19.5 Å². The van der Waals surface area contributed by atoms with Crippen molar-refractivity contribution in [2.24, 2.45) is 5.92 Å². The van der Waals surface area contributed by atoms with Gasteiger partial charge in [0, 0.05) is 23.7 Å². The predicted octanol–water partition coefficient (Wildman–Crippen LogP) is 5.08. The zero-order valence-corrected chi connectivity index (χ0v) is 16.8. The average Bonchev–Trinajstić information content (AvgIpc) is 3.17. The molecule has 3 aromatic rings. The molecule has 0 spiro atoms. The normalized spacial score (nSPS) is 21.1. The first-order valence-electron chi connectivity index (χ1n) is 9.95. The van der Waals surface area contributed by atoms with Crippen LogP contribution in [0.15, 0.2) is 60.7 Å². The summed E-state index contributed by atoms with van der Waals surface area (Å²) in [4.78, 5) is 11.1. The molecular formula is C24H22N2O4. The van der Waals surface area contributed by atoms with Gasteiger partial charge < -0.3 is 14.8 Å². The van der Waals surface area contributed by atoms with E-state index < -0.39 is 0 Å². The van der Waals surface area contributed by atoms with Crippen LogP contribution in [0, 0.1) is 16.0 Å². The van der Waals surface area contributed by atoms with E-state index in [1.165, 1.54) is 11.1 Å². The van der Waals surface area contributed by atoms with Crippen molar-refractivity contribution in [3.63, 3.8) is 0 Å². The monoisotopic (exact) mass is 402 g/mol. The Hall–Kier alpha value is -3.54. The second-order valence-electron chi connectivity index (χ2n) is 7.81. The van der Waals surface area contributed by atoms with Crippen molar-refractivity contribution in [3.05, 3.63) is 93.0 Å². The van der Waals surface area contributed by atoms with Gasteiger partial charge in [-0.2, -0.15) is 0 Å². The molecule has 152 valence electrons. The maximum Gasteiger partial charge on any atom is 0.269 e. The van der Waals surface area contributed by atoms with Crippen LogP contribution < -0.4 is 14.8 Å². The van der Waals surface area contributed by atoms with E-state index in [1.807, 2.05) is 24.3 Å². The van der Waals surface area contributed by atoms with E-state index in [4.69, 9.17) is 9.47 Å². The fourth-order valence-corrected chi connectivity index (χ4v) is 5.04. The molecule has 1 heterocycles. The maximum absolute atomic E-state index is 11.4. The van der Waals surface area contributed by atoms with E-state index in [-0.39, 0.29) is 28.5 Å². The van der Waals surface area contributed by atoms with Crippen molar-refractivity contribution in [3.8, 4) is 11.5 Å². The number of fused-ring (bicyclic) bond motifs is 5. The van der Waals surface area contributed by atoms with Gasteiger partial charge in [0.1, 0.15) is 0 Å². The highest BCUT2D eigenvalue weighted by molar-refractivity contribution is 5.65. The van der Waals surface area contributed by atoms with E-state index in [9.17, 15) is 10.1 Å². The molecule has 1 aliphatic heterocycles. The molecule has 0 saturated carbocycles. The summed E-state index contributed by atoms with van der Waals surface area (Å²) < 4.78 is 10.9. The van der Waals surface area contributed by atoms with Crippen LogP contribution in [0.2, 0.25) is 0 Å². The summed E-state index contributed by atoms with van der Waals surface area (Å²) in [5.41, 5.74) is 5.74. The maximum atomic E-state index is 11.4. The Morgan fingerprint density at radius 1 is 0.967 bits per heavy atom. The molecule has 1 aliphatic carbocycles. The average molecular weight is 402 g/mol. The molecule has 30 heavy (non-hydrogen) atoms. The van der Waals surface area contributed by atoms with Crippen molar-refractivity contribution in [1.82, 2.24) is 0 Å². The van der Waals surface area contributed by atoms with Gasteiger partial charge in [-0.25, -0.2) is 0 Å². The number of benzene rings is 3. The van der Waals surface area contributed by atoms with Crippen molar-refractivity contribution in [1.29, 1.82) is 0 Å². The number of nitro groups is 1. The lowest BCUT2D eigenvalue weighted by atomic mass is 9.75. The number of anilines is 1. The molecule has 3 atom stereocenters. The van der Waals surface area contributed by atoms with Crippen LogP contribution in [0.25, 0.3) is 0 Å². The Kier molecular flexibility index (Phi) is 4.35. The predicted molar refractivity (Wildman–Crippen MR) is 114 cm³/mol. The first-order valence-corrected chi connectivity index (χ1v) is 9.95. The SMILES string of the molecule is COc1ccc([C@@H]2Nc3ccc([N+](=O)[O-])cc3[C@H]3c4ccccc4C[C@H]32)cc1OC. The Labute approximate surface area is 174 Å². The minimum atomic E-state index is -0.323. The number of methoxy groups -OCH3 is 2. The van der Waals surface area contributed by atoms with E-state index in [0.717, 1.165) is 23.2 Å². The molecular weight excluding hydrogens is 380 g/mol. The summed E-state index contributed by atoms with van der Waals surface area (Å²) in [7, 11) is 3.27. The van der Waals surface area contributed by atoms with Gasteiger partial charge in [-0.1, -0.05) is 30.3 Å². The van der Waals surface area contributed by atoms with Gasteiger partial charge in [0.2, 0.25) is 0 Å². The molecule has 2 aliphatic rings. The second kappa shape index (κ2) is 7.06. The number of nitrogens with zero attached hydrogens (tertiary/aromatic N) is 1. The van der Waals surface area contributed by atoms with Gasteiger partial charge in [0.25, 0.3) is 5.69 Å². The lowest BCUT2D eigenvalue weighted by molar-refractivity contribution is -0.384. The molecule has 0 aromatic heterocycles. The molecule has 5 rings (SSSR count). The number of rotatable bonds is 4. The highest BCUT2D eigenvalue weighted by atomic mass is 16.6. The molecule has 0 bridgehead atoms. The third kappa shape index (κ3) is 2.79. The van der Waals surface area contributed by atoms with Crippen LogP contribution in [0.3, 0.4) is 0 Å². The van der Waals surface area contributed by atoms with E-state index in [2.05, 4.69) is 29.6 Å². The van der Waals surface area contributed by atoms with Crippen LogP contribution in [-0.2, 0) is 6.42 Å². The zero-order valence-electron chi connectivity index (χ0n) is 16.8. The number of nitrogens with one attached hydrogen (secondary N) is 1. The minimum absolute atomic E-state index is 0.0520. The van der Waals surface area contributed by atoms with Gasteiger partial charge in [0.05, 0.1) is 25.2 Å². The lowest BCUT2D eigenvalue weighted by Crippen LogP contribution is -2.30. The van der Waals surface area contributed by atoms with Crippen molar-refractivity contribution >= 4 is 11.4 Å². The van der Waals surface area contributed by atoms with Gasteiger partial charge in [-0.3, -0.25) is 10.1 Å². The summed E-state index contributed by atoms with van der Waals surface area (Å²) in [5.74, 6) is 1.74. The molecule has 6 heteroatoms. The highest BCUT2D eigenvalue weighted by Crippen LogP contribution is 2.54. The molecule has 0 saturated heterocycles. The number of hydrogen-bond donors (Lipinski definition) is 1. The van der Waals surface area contributed by atoms with Crippen LogP contribution in [0.5, 0.6) is 11.5 Å². The first kappa shape index (κ1) is 18.5. The van der Waals surface area contributed by atoms with Crippen molar-refractivity contribution in [2.45, 2.75) is 18.4 Å².